The molecule has 2 unspecified atom stereocenters. The molecule has 3 aliphatic rings. The number of hydrogen-bond acceptors (Lipinski definition) is 5. The molecule has 1 heterocycles. The Labute approximate surface area is 249 Å². The number of nitrogens with one attached hydrogen (secondary N) is 1. The van der Waals surface area contributed by atoms with Gasteiger partial charge in [0.15, 0.2) is 0 Å². The summed E-state index contributed by atoms with van der Waals surface area (Å²) in [6.07, 6.45) is 3.64. The molecular formula is C33H37F3N2O3S. The number of alkyl halides is 3. The highest BCUT2D eigenvalue weighted by Gasteiger charge is 2.46. The van der Waals surface area contributed by atoms with E-state index >= 15 is 0 Å². The minimum atomic E-state index is -4.45. The van der Waals surface area contributed by atoms with Crippen LogP contribution in [0.1, 0.15) is 91.5 Å². The maximum absolute atomic E-state index is 13.1. The second-order valence-corrected chi connectivity index (χ2v) is 12.9. The van der Waals surface area contributed by atoms with Gasteiger partial charge in [0.1, 0.15) is 17.2 Å². The predicted molar refractivity (Wildman–Crippen MR) is 160 cm³/mol. The largest absolute Gasteiger partial charge is 0.416 e. The van der Waals surface area contributed by atoms with E-state index in [1.165, 1.54) is 6.07 Å². The van der Waals surface area contributed by atoms with Crippen molar-refractivity contribution in [2.75, 3.05) is 5.75 Å². The van der Waals surface area contributed by atoms with E-state index in [1.54, 1.807) is 17.8 Å². The second-order valence-electron chi connectivity index (χ2n) is 11.9. The highest BCUT2D eigenvalue weighted by atomic mass is 32.2. The standard InChI is InChI=1S/C33H37F3N2O3S/c1-21-18-24(28-7-3-6-27(39)20-29(28)40)9-8-23(21)13-17-42-16-12-22-10-14-32(15-11-22)31(41)37-30(38-32)25-4-2-5-26(19-25)33(34,35)36/h2,4-5,8-9,13,17-19,22,27-28,39H,3,6-7,10-12,14-16,20H2,1H3,(H,37,38,41)/b17-13+. The van der Waals surface area contributed by atoms with Crippen LogP contribution in [0, 0.1) is 12.8 Å². The van der Waals surface area contributed by atoms with Gasteiger partial charge in [0, 0.05) is 17.9 Å². The third-order valence-electron chi connectivity index (χ3n) is 8.92. The van der Waals surface area contributed by atoms with Crippen molar-refractivity contribution in [1.82, 2.24) is 5.32 Å². The molecule has 2 aromatic rings. The van der Waals surface area contributed by atoms with Gasteiger partial charge in [-0.25, -0.2) is 0 Å². The molecule has 224 valence electrons. The van der Waals surface area contributed by atoms with E-state index in [-0.39, 0.29) is 35.4 Å². The molecule has 9 heteroatoms. The number of carbonyl (C=O) groups is 2. The Balaban J connectivity index is 1.10. The summed E-state index contributed by atoms with van der Waals surface area (Å²) in [4.78, 5) is 30.0. The number of thioether (sulfide) groups is 1. The summed E-state index contributed by atoms with van der Waals surface area (Å²) in [6, 6.07) is 11.1. The average molecular weight is 599 g/mol. The van der Waals surface area contributed by atoms with Crippen molar-refractivity contribution in [2.45, 2.75) is 88.4 Å². The van der Waals surface area contributed by atoms with Gasteiger partial charge in [-0.1, -0.05) is 30.3 Å². The SMILES string of the molecule is Cc1cc(C2CCCC(O)CC2=O)ccc1/C=C/SCCC1CCC2(CC1)N=C(c1cccc(C(F)(F)F)c1)NC2=O. The quantitative estimate of drug-likeness (QED) is 0.261. The zero-order valence-corrected chi connectivity index (χ0v) is 24.6. The first-order valence-electron chi connectivity index (χ1n) is 14.7. The van der Waals surface area contributed by atoms with E-state index in [0.29, 0.717) is 25.2 Å². The number of aliphatic imine (C=N–C) groups is 1. The van der Waals surface area contributed by atoms with E-state index in [9.17, 15) is 27.9 Å². The van der Waals surface area contributed by atoms with Crippen LogP contribution in [0.2, 0.25) is 0 Å². The van der Waals surface area contributed by atoms with E-state index in [1.807, 2.05) is 6.07 Å². The number of amides is 1. The molecule has 0 aromatic heterocycles. The summed E-state index contributed by atoms with van der Waals surface area (Å²) in [5.41, 5.74) is 1.93. The van der Waals surface area contributed by atoms with Crippen LogP contribution in [-0.4, -0.2) is 40.0 Å². The van der Waals surface area contributed by atoms with Crippen LogP contribution in [0.3, 0.4) is 0 Å². The molecule has 2 aliphatic carbocycles. The third-order valence-corrected chi connectivity index (χ3v) is 9.72. The fraction of sp³-hybridized carbons (Fsp3) is 0.485. The number of benzene rings is 2. The number of aliphatic hydroxyl groups excluding tert-OH is 1. The minimum absolute atomic E-state index is 0.128. The van der Waals surface area contributed by atoms with E-state index < -0.39 is 23.4 Å². The minimum Gasteiger partial charge on any atom is -0.393 e. The van der Waals surface area contributed by atoms with Crippen LogP contribution in [0.15, 0.2) is 52.9 Å². The first-order chi connectivity index (χ1) is 20.0. The Hall–Kier alpha value is -2.91. The van der Waals surface area contributed by atoms with Gasteiger partial charge in [-0.3, -0.25) is 14.6 Å². The molecule has 42 heavy (non-hydrogen) atoms. The molecule has 0 bridgehead atoms. The number of amidine groups is 1. The van der Waals surface area contributed by atoms with Gasteiger partial charge >= 0.3 is 6.18 Å². The molecule has 2 fully saturated rings. The molecule has 1 amide bonds. The number of rotatable bonds is 7. The lowest BCUT2D eigenvalue weighted by Gasteiger charge is -2.32. The summed E-state index contributed by atoms with van der Waals surface area (Å²) in [7, 11) is 0. The van der Waals surface area contributed by atoms with Crippen LogP contribution in [0.25, 0.3) is 6.08 Å². The number of aliphatic hydroxyl groups is 1. The molecule has 2 saturated carbocycles. The Morgan fingerprint density at radius 2 is 1.88 bits per heavy atom. The van der Waals surface area contributed by atoms with Crippen LogP contribution < -0.4 is 5.32 Å². The molecular weight excluding hydrogens is 561 g/mol. The summed E-state index contributed by atoms with van der Waals surface area (Å²) >= 11 is 1.75. The van der Waals surface area contributed by atoms with Crippen molar-refractivity contribution >= 4 is 35.4 Å². The van der Waals surface area contributed by atoms with E-state index in [0.717, 1.165) is 66.7 Å². The van der Waals surface area contributed by atoms with Crippen LogP contribution in [0.5, 0.6) is 0 Å². The molecule has 2 aromatic carbocycles. The van der Waals surface area contributed by atoms with Gasteiger partial charge in [0.25, 0.3) is 5.91 Å². The number of Topliss-reactive ketones (excluding diaryl/α,β-unsaturated/α-hetero) is 1. The number of aryl methyl sites for hydroxylation is 1. The van der Waals surface area contributed by atoms with Crippen LogP contribution in [0.4, 0.5) is 13.2 Å². The van der Waals surface area contributed by atoms with Crippen molar-refractivity contribution in [3.63, 3.8) is 0 Å². The number of hydrogen-bond donors (Lipinski definition) is 2. The summed E-state index contributed by atoms with van der Waals surface area (Å²) in [5.74, 6) is 1.45. The first-order valence-corrected chi connectivity index (χ1v) is 15.8. The Morgan fingerprint density at radius 1 is 1.10 bits per heavy atom. The third kappa shape index (κ3) is 7.00. The zero-order chi connectivity index (χ0) is 29.9. The number of ketones is 1. The maximum atomic E-state index is 13.1. The van der Waals surface area contributed by atoms with Crippen LogP contribution >= 0.6 is 11.8 Å². The topological polar surface area (TPSA) is 78.8 Å². The Kier molecular flexibility index (Phi) is 9.28. The fourth-order valence-electron chi connectivity index (χ4n) is 6.35. The van der Waals surface area contributed by atoms with Gasteiger partial charge in [0.05, 0.1) is 11.7 Å². The lowest BCUT2D eigenvalue weighted by Crippen LogP contribution is -2.42. The first kappa shape index (κ1) is 30.5. The predicted octanol–water partition coefficient (Wildman–Crippen LogP) is 7.20. The van der Waals surface area contributed by atoms with Crippen molar-refractivity contribution in [2.24, 2.45) is 10.9 Å². The average Bonchev–Trinajstić information content (AvgIpc) is 3.16. The monoisotopic (exact) mass is 598 g/mol. The number of halogens is 3. The van der Waals surface area contributed by atoms with Crippen molar-refractivity contribution in [1.29, 1.82) is 0 Å². The molecule has 0 radical (unpaired) electrons. The van der Waals surface area contributed by atoms with E-state index in [2.05, 4.69) is 40.8 Å². The van der Waals surface area contributed by atoms with Crippen molar-refractivity contribution in [3.05, 3.63) is 75.7 Å². The van der Waals surface area contributed by atoms with Crippen LogP contribution in [-0.2, 0) is 15.8 Å². The number of nitrogens with zero attached hydrogens (tertiary/aromatic N) is 1. The molecule has 1 aliphatic heterocycles. The number of carbonyl (C=O) groups excluding carboxylic acids is 2. The van der Waals surface area contributed by atoms with Crippen molar-refractivity contribution < 1.29 is 27.9 Å². The summed E-state index contributed by atoms with van der Waals surface area (Å²) in [6.45, 7) is 2.06. The highest BCUT2D eigenvalue weighted by molar-refractivity contribution is 8.02. The summed E-state index contributed by atoms with van der Waals surface area (Å²) in [5, 5.41) is 14.7. The molecule has 5 rings (SSSR count). The molecule has 2 N–H and O–H groups in total. The molecule has 1 spiro atoms. The lowest BCUT2D eigenvalue weighted by atomic mass is 9.76. The normalized spacial score (nSPS) is 26.9. The Bertz CT molecular complexity index is 1380. The van der Waals surface area contributed by atoms with Gasteiger partial charge in [-0.2, -0.15) is 13.2 Å². The van der Waals surface area contributed by atoms with E-state index in [4.69, 9.17) is 0 Å². The Morgan fingerprint density at radius 3 is 2.62 bits per heavy atom. The molecule has 0 saturated heterocycles. The van der Waals surface area contributed by atoms with Gasteiger partial charge in [0.2, 0.25) is 0 Å². The van der Waals surface area contributed by atoms with Gasteiger partial charge in [-0.15, -0.1) is 11.8 Å². The second kappa shape index (κ2) is 12.8. The smallest absolute Gasteiger partial charge is 0.393 e. The van der Waals surface area contributed by atoms with Gasteiger partial charge in [-0.05, 0) is 110 Å². The maximum Gasteiger partial charge on any atom is 0.416 e. The molecule has 5 nitrogen and oxygen atoms in total. The summed E-state index contributed by atoms with van der Waals surface area (Å²) < 4.78 is 39.4. The highest BCUT2D eigenvalue weighted by Crippen LogP contribution is 2.40. The van der Waals surface area contributed by atoms with Gasteiger partial charge < -0.3 is 10.4 Å². The lowest BCUT2D eigenvalue weighted by molar-refractivity contribution is -0.137. The molecule has 2 atom stereocenters. The fourth-order valence-corrected chi connectivity index (χ4v) is 7.20. The van der Waals surface area contributed by atoms with Crippen molar-refractivity contribution in [3.8, 4) is 0 Å². The zero-order valence-electron chi connectivity index (χ0n) is 23.8.